The van der Waals surface area contributed by atoms with Crippen LogP contribution in [0.4, 0.5) is 0 Å². The molecule has 122 valence electrons. The predicted octanol–water partition coefficient (Wildman–Crippen LogP) is 5.96. The number of esters is 1. The van der Waals surface area contributed by atoms with Crippen LogP contribution < -0.4 is 0 Å². The number of methoxy groups -OCH3 is 1. The Bertz CT molecular complexity index is 288. The summed E-state index contributed by atoms with van der Waals surface area (Å²) in [6, 6.07) is 0. The zero-order chi connectivity index (χ0) is 15.6. The second kappa shape index (κ2) is 17.0. The number of ether oxygens (including phenoxy) is 1. The number of hydrogen-bond acceptors (Lipinski definition) is 2. The van der Waals surface area contributed by atoms with E-state index in [9.17, 15) is 4.79 Å². The van der Waals surface area contributed by atoms with E-state index in [2.05, 4.69) is 29.5 Å². The summed E-state index contributed by atoms with van der Waals surface area (Å²) in [5, 5.41) is 0. The second-order valence-corrected chi connectivity index (χ2v) is 5.66. The van der Waals surface area contributed by atoms with Crippen molar-refractivity contribution in [3.05, 3.63) is 17.9 Å². The molecule has 0 spiro atoms. The molecule has 0 aromatic rings. The van der Waals surface area contributed by atoms with Crippen molar-refractivity contribution in [3.8, 4) is 0 Å². The van der Waals surface area contributed by atoms with Gasteiger partial charge in [0.25, 0.3) is 0 Å². The van der Waals surface area contributed by atoms with Crippen LogP contribution in [0.3, 0.4) is 0 Å². The number of carbonyl (C=O) groups is 1. The summed E-state index contributed by atoms with van der Waals surface area (Å²) in [4.78, 5) is 10.9. The summed E-state index contributed by atoms with van der Waals surface area (Å²) < 4.78 is 4.61. The van der Waals surface area contributed by atoms with Crippen molar-refractivity contribution in [1.29, 1.82) is 0 Å². The molecule has 0 rings (SSSR count). The van der Waals surface area contributed by atoms with Crippen LogP contribution in [0.1, 0.15) is 90.4 Å². The van der Waals surface area contributed by atoms with E-state index in [1.807, 2.05) is 0 Å². The quantitative estimate of drug-likeness (QED) is 0.224. The average Bonchev–Trinajstić information content (AvgIpc) is 2.50. The highest BCUT2D eigenvalue weighted by atomic mass is 16.5. The molecule has 0 aromatic carbocycles. The van der Waals surface area contributed by atoms with E-state index >= 15 is 0 Å². The third-order valence-corrected chi connectivity index (χ3v) is 3.64. The zero-order valence-electron chi connectivity index (χ0n) is 14.2. The van der Waals surface area contributed by atoms with Crippen LogP contribution in [-0.2, 0) is 9.53 Å². The molecule has 0 bridgehead atoms. The summed E-state index contributed by atoms with van der Waals surface area (Å²) >= 11 is 0. The van der Waals surface area contributed by atoms with Crippen molar-refractivity contribution in [2.45, 2.75) is 90.4 Å². The minimum Gasteiger partial charge on any atom is -0.469 e. The van der Waals surface area contributed by atoms with Gasteiger partial charge in [0.15, 0.2) is 0 Å². The summed E-state index contributed by atoms with van der Waals surface area (Å²) in [6.07, 6.45) is 19.8. The van der Waals surface area contributed by atoms with E-state index < -0.39 is 0 Å². The van der Waals surface area contributed by atoms with Crippen LogP contribution in [0, 0.1) is 0 Å². The first kappa shape index (κ1) is 20.0. The van der Waals surface area contributed by atoms with Gasteiger partial charge in [-0.1, -0.05) is 51.9 Å². The van der Waals surface area contributed by atoms with Gasteiger partial charge < -0.3 is 4.74 Å². The topological polar surface area (TPSA) is 26.3 Å². The molecule has 0 saturated carbocycles. The smallest absolute Gasteiger partial charge is 0.305 e. The molecule has 0 aliphatic carbocycles. The average molecular weight is 294 g/mol. The molecule has 0 N–H and O–H groups in total. The van der Waals surface area contributed by atoms with Gasteiger partial charge in [0.1, 0.15) is 0 Å². The Morgan fingerprint density at radius 2 is 1.38 bits per heavy atom. The molecule has 0 fully saturated rings. The Labute approximate surface area is 131 Å². The lowest BCUT2D eigenvalue weighted by Crippen LogP contribution is -1.98. The van der Waals surface area contributed by atoms with Crippen LogP contribution in [-0.4, -0.2) is 13.1 Å². The van der Waals surface area contributed by atoms with Crippen molar-refractivity contribution in [1.82, 2.24) is 0 Å². The largest absolute Gasteiger partial charge is 0.469 e. The molecule has 2 heteroatoms. The van der Waals surface area contributed by atoms with Crippen molar-refractivity contribution in [2.75, 3.05) is 7.11 Å². The van der Waals surface area contributed by atoms with Crippen molar-refractivity contribution < 1.29 is 9.53 Å². The molecular weight excluding hydrogens is 260 g/mol. The Kier molecular flexibility index (Phi) is 16.2. The number of unbranched alkanes of at least 4 members (excludes halogenated alkanes) is 10. The van der Waals surface area contributed by atoms with Crippen molar-refractivity contribution >= 4 is 5.97 Å². The molecule has 2 nitrogen and oxygen atoms in total. The number of rotatable bonds is 14. The highest BCUT2D eigenvalue weighted by Gasteiger charge is 1.98. The second-order valence-electron chi connectivity index (χ2n) is 5.66. The summed E-state index contributed by atoms with van der Waals surface area (Å²) in [5.74, 6) is -0.0903. The zero-order valence-corrected chi connectivity index (χ0v) is 14.2. The Hall–Kier alpha value is -1.01. The lowest BCUT2D eigenvalue weighted by Gasteiger charge is -1.98. The maximum Gasteiger partial charge on any atom is 0.305 e. The first-order chi connectivity index (χ1) is 10.3. The lowest BCUT2D eigenvalue weighted by molar-refractivity contribution is -0.140. The molecule has 0 atom stereocenters. The van der Waals surface area contributed by atoms with Gasteiger partial charge in [-0.05, 0) is 44.3 Å². The molecular formula is C19H34O2. The van der Waals surface area contributed by atoms with E-state index in [0.717, 1.165) is 19.3 Å². The monoisotopic (exact) mass is 294 g/mol. The van der Waals surface area contributed by atoms with E-state index in [-0.39, 0.29) is 5.97 Å². The SMILES string of the molecule is CCCCCCCCC=C=CCCCCCCC(=O)OC. The lowest BCUT2D eigenvalue weighted by atomic mass is 10.1. The van der Waals surface area contributed by atoms with Gasteiger partial charge >= 0.3 is 5.97 Å². The van der Waals surface area contributed by atoms with E-state index in [4.69, 9.17) is 0 Å². The van der Waals surface area contributed by atoms with E-state index in [1.165, 1.54) is 64.9 Å². The Morgan fingerprint density at radius 1 is 0.857 bits per heavy atom. The van der Waals surface area contributed by atoms with E-state index in [0.29, 0.717) is 6.42 Å². The first-order valence-electron chi connectivity index (χ1n) is 8.77. The fraction of sp³-hybridized carbons (Fsp3) is 0.789. The van der Waals surface area contributed by atoms with Gasteiger partial charge in [-0.25, -0.2) is 0 Å². The molecule has 0 aliphatic heterocycles. The molecule has 0 saturated heterocycles. The van der Waals surface area contributed by atoms with Gasteiger partial charge in [0.05, 0.1) is 7.11 Å². The number of allylic oxidation sites excluding steroid dienone is 1. The summed E-state index contributed by atoms with van der Waals surface area (Å²) in [5.41, 5.74) is 3.28. The highest BCUT2D eigenvalue weighted by Crippen LogP contribution is 2.08. The standard InChI is InChI=1S/C19H34O2/c1-3-4-5-6-7-8-9-10-11-12-13-14-15-16-17-18-19(20)21-2/h10,12H,3-9,13-18H2,1-2H3. The Morgan fingerprint density at radius 3 is 1.95 bits per heavy atom. The van der Waals surface area contributed by atoms with Gasteiger partial charge in [-0.15, -0.1) is 5.73 Å². The van der Waals surface area contributed by atoms with Crippen LogP contribution in [0.25, 0.3) is 0 Å². The minimum atomic E-state index is -0.0903. The van der Waals surface area contributed by atoms with Crippen molar-refractivity contribution in [3.63, 3.8) is 0 Å². The maximum atomic E-state index is 10.9. The normalized spacial score (nSPS) is 10.0. The third kappa shape index (κ3) is 16.9. The molecule has 0 radical (unpaired) electrons. The fourth-order valence-corrected chi connectivity index (χ4v) is 2.25. The van der Waals surface area contributed by atoms with E-state index in [1.54, 1.807) is 0 Å². The van der Waals surface area contributed by atoms with Crippen molar-refractivity contribution in [2.24, 2.45) is 0 Å². The molecule has 0 amide bonds. The minimum absolute atomic E-state index is 0.0903. The molecule has 0 aliphatic rings. The summed E-state index contributed by atoms with van der Waals surface area (Å²) in [7, 11) is 1.45. The Balaban J connectivity index is 3.23. The van der Waals surface area contributed by atoms with Crippen LogP contribution in [0.5, 0.6) is 0 Å². The molecule has 21 heavy (non-hydrogen) atoms. The van der Waals surface area contributed by atoms with Crippen LogP contribution in [0.15, 0.2) is 17.9 Å². The third-order valence-electron chi connectivity index (χ3n) is 3.64. The van der Waals surface area contributed by atoms with Gasteiger partial charge in [-0.3, -0.25) is 4.79 Å². The number of carbonyl (C=O) groups excluding carboxylic acids is 1. The fourth-order valence-electron chi connectivity index (χ4n) is 2.25. The summed E-state index contributed by atoms with van der Waals surface area (Å²) in [6.45, 7) is 2.26. The van der Waals surface area contributed by atoms with Gasteiger partial charge in [0, 0.05) is 6.42 Å². The molecule has 0 heterocycles. The maximum absolute atomic E-state index is 10.9. The predicted molar refractivity (Wildman–Crippen MR) is 90.4 cm³/mol. The molecule has 0 unspecified atom stereocenters. The van der Waals surface area contributed by atoms with Gasteiger partial charge in [0.2, 0.25) is 0 Å². The number of hydrogen-bond donors (Lipinski definition) is 0. The molecule has 0 aromatic heterocycles. The van der Waals surface area contributed by atoms with Crippen LogP contribution in [0.2, 0.25) is 0 Å². The first-order valence-corrected chi connectivity index (χ1v) is 8.77. The van der Waals surface area contributed by atoms with Crippen LogP contribution >= 0.6 is 0 Å². The highest BCUT2D eigenvalue weighted by molar-refractivity contribution is 5.68. The van der Waals surface area contributed by atoms with Gasteiger partial charge in [-0.2, -0.15) is 0 Å².